The number of ether oxygens (including phenoxy) is 3. The van der Waals surface area contributed by atoms with Crippen molar-refractivity contribution in [3.05, 3.63) is 52.5 Å². The highest BCUT2D eigenvalue weighted by atomic mass is 35.5. The van der Waals surface area contributed by atoms with Gasteiger partial charge in [-0.1, -0.05) is 37.6 Å². The van der Waals surface area contributed by atoms with Gasteiger partial charge in [0.15, 0.2) is 11.5 Å². The summed E-state index contributed by atoms with van der Waals surface area (Å²) in [6, 6.07) is 9.10. The first-order valence-electron chi connectivity index (χ1n) is 11.5. The van der Waals surface area contributed by atoms with Crippen molar-refractivity contribution in [3.63, 3.8) is 0 Å². The van der Waals surface area contributed by atoms with Crippen LogP contribution in [-0.2, 0) is 25.5 Å². The number of halogens is 1. The number of nitrogens with one attached hydrogen (secondary N) is 1. The highest BCUT2D eigenvalue weighted by molar-refractivity contribution is 6.30. The van der Waals surface area contributed by atoms with Crippen molar-refractivity contribution in [1.82, 2.24) is 4.90 Å². The molecule has 10 heteroatoms. The molecule has 0 aliphatic carbocycles. The van der Waals surface area contributed by atoms with Gasteiger partial charge in [-0.15, -0.1) is 0 Å². The molecule has 0 radical (unpaired) electrons. The van der Waals surface area contributed by atoms with E-state index in [-0.39, 0.29) is 66.3 Å². The zero-order valence-corrected chi connectivity index (χ0v) is 21.8. The molecule has 0 bridgehead atoms. The van der Waals surface area contributed by atoms with Crippen LogP contribution in [-0.4, -0.2) is 55.5 Å². The second kappa shape index (κ2) is 13.5. The number of carbonyl (C=O) groups is 4. The molecule has 2 aromatic carbocycles. The van der Waals surface area contributed by atoms with Gasteiger partial charge >= 0.3 is 5.97 Å². The maximum atomic E-state index is 13.0. The molecule has 36 heavy (non-hydrogen) atoms. The number of rotatable bonds is 11. The Kier molecular flexibility index (Phi) is 10.7. The van der Waals surface area contributed by atoms with Gasteiger partial charge in [0.25, 0.3) is 0 Å². The van der Waals surface area contributed by atoms with E-state index >= 15 is 0 Å². The number of hydrogen-bond acceptors (Lipinski definition) is 7. The van der Waals surface area contributed by atoms with Gasteiger partial charge in [-0.2, -0.15) is 0 Å². The second-order valence-electron chi connectivity index (χ2n) is 7.92. The molecule has 0 saturated carbocycles. The third kappa shape index (κ3) is 7.45. The van der Waals surface area contributed by atoms with E-state index in [4.69, 9.17) is 25.8 Å². The predicted octanol–water partition coefficient (Wildman–Crippen LogP) is 4.26. The van der Waals surface area contributed by atoms with E-state index in [9.17, 15) is 19.2 Å². The molecule has 3 amide bonds. The molecule has 0 spiro atoms. The molecule has 9 nitrogen and oxygen atoms in total. The first-order chi connectivity index (χ1) is 17.1. The van der Waals surface area contributed by atoms with Crippen LogP contribution in [0, 0.1) is 0 Å². The topological polar surface area (TPSA) is 111 Å². The summed E-state index contributed by atoms with van der Waals surface area (Å²) in [4.78, 5) is 51.1. The molecule has 1 unspecified atom stereocenters. The Morgan fingerprint density at radius 3 is 2.31 bits per heavy atom. The Hall–Kier alpha value is -3.59. The van der Waals surface area contributed by atoms with Gasteiger partial charge in [-0.3, -0.25) is 19.3 Å². The van der Waals surface area contributed by atoms with Crippen LogP contribution < -0.4 is 14.8 Å². The summed E-state index contributed by atoms with van der Waals surface area (Å²) in [7, 11) is 2.64. The van der Waals surface area contributed by atoms with Crippen LogP contribution in [0.1, 0.15) is 49.5 Å². The summed E-state index contributed by atoms with van der Waals surface area (Å²) < 4.78 is 16.1. The van der Waals surface area contributed by atoms with E-state index in [1.165, 1.54) is 31.3 Å². The molecule has 0 heterocycles. The minimum Gasteiger partial charge on any atom is -0.493 e. The van der Waals surface area contributed by atoms with Crippen LogP contribution in [0.2, 0.25) is 5.02 Å². The Labute approximate surface area is 215 Å². The molecular weight excluding hydrogens is 488 g/mol. The number of amides is 3. The quantitative estimate of drug-likeness (QED) is 0.442. The van der Waals surface area contributed by atoms with Gasteiger partial charge in [0.05, 0.1) is 37.9 Å². The molecule has 0 aliphatic heterocycles. The third-order valence-corrected chi connectivity index (χ3v) is 5.54. The lowest BCUT2D eigenvalue weighted by molar-refractivity contribution is -0.147. The number of methoxy groups -OCH3 is 2. The molecule has 0 fully saturated rings. The standard InChI is InChI=1S/C26H31ClN2O7/c1-6-23(30)28-20-14-21(34-4)22(13-19(20)26(33)35-5)36-15-16(3)29(24(31)7-2)25(32)12-17-9-8-10-18(27)11-17/h8-11,13-14,16H,6-7,12,15H2,1-5H3,(H,28,30). The summed E-state index contributed by atoms with van der Waals surface area (Å²) in [5.41, 5.74) is 0.968. The van der Waals surface area contributed by atoms with E-state index < -0.39 is 12.0 Å². The van der Waals surface area contributed by atoms with Gasteiger partial charge in [0.1, 0.15) is 6.61 Å². The van der Waals surface area contributed by atoms with Crippen LogP contribution in [0.3, 0.4) is 0 Å². The second-order valence-corrected chi connectivity index (χ2v) is 8.36. The molecule has 1 N–H and O–H groups in total. The maximum Gasteiger partial charge on any atom is 0.340 e. The first-order valence-corrected chi connectivity index (χ1v) is 11.8. The minimum atomic E-state index is -0.679. The molecule has 194 valence electrons. The smallest absolute Gasteiger partial charge is 0.340 e. The van der Waals surface area contributed by atoms with Gasteiger partial charge in [0.2, 0.25) is 17.7 Å². The van der Waals surface area contributed by atoms with Crippen LogP contribution in [0.4, 0.5) is 5.69 Å². The zero-order valence-electron chi connectivity index (χ0n) is 21.1. The van der Waals surface area contributed by atoms with Gasteiger partial charge in [-0.05, 0) is 24.6 Å². The average molecular weight is 519 g/mol. The highest BCUT2D eigenvalue weighted by Crippen LogP contribution is 2.34. The fourth-order valence-electron chi connectivity index (χ4n) is 3.45. The number of nitrogens with zero attached hydrogens (tertiary/aromatic N) is 1. The molecule has 1 atom stereocenters. The van der Waals surface area contributed by atoms with Crippen molar-refractivity contribution in [2.75, 3.05) is 26.1 Å². The number of carbonyl (C=O) groups excluding carboxylic acids is 4. The number of anilines is 1. The van der Waals surface area contributed by atoms with Crippen LogP contribution >= 0.6 is 11.6 Å². The van der Waals surface area contributed by atoms with E-state index in [1.54, 1.807) is 45.0 Å². The molecule has 2 rings (SSSR count). The molecular formula is C26H31ClN2O7. The fourth-order valence-corrected chi connectivity index (χ4v) is 3.66. The number of benzene rings is 2. The predicted molar refractivity (Wildman–Crippen MR) is 136 cm³/mol. The van der Waals surface area contributed by atoms with Crippen molar-refractivity contribution in [3.8, 4) is 11.5 Å². The van der Waals surface area contributed by atoms with Crippen molar-refractivity contribution in [2.45, 2.75) is 46.1 Å². The van der Waals surface area contributed by atoms with Gasteiger partial charge < -0.3 is 19.5 Å². The fraction of sp³-hybridized carbons (Fsp3) is 0.385. The largest absolute Gasteiger partial charge is 0.493 e. The summed E-state index contributed by atoms with van der Waals surface area (Å²) >= 11 is 6.02. The van der Waals surface area contributed by atoms with Crippen molar-refractivity contribution in [1.29, 1.82) is 0 Å². The maximum absolute atomic E-state index is 13.0. The van der Waals surface area contributed by atoms with E-state index in [2.05, 4.69) is 5.32 Å². The van der Waals surface area contributed by atoms with E-state index in [0.29, 0.717) is 10.6 Å². The Balaban J connectivity index is 2.29. The Morgan fingerprint density at radius 2 is 1.72 bits per heavy atom. The number of imide groups is 1. The summed E-state index contributed by atoms with van der Waals surface area (Å²) in [5, 5.41) is 3.14. The summed E-state index contributed by atoms with van der Waals surface area (Å²) in [5.74, 6) is -1.28. The lowest BCUT2D eigenvalue weighted by Crippen LogP contribution is -2.46. The lowest BCUT2D eigenvalue weighted by Gasteiger charge is -2.28. The lowest BCUT2D eigenvalue weighted by atomic mass is 10.1. The average Bonchev–Trinajstić information content (AvgIpc) is 2.86. The number of esters is 1. The Morgan fingerprint density at radius 1 is 1.00 bits per heavy atom. The minimum absolute atomic E-state index is 0.00171. The monoisotopic (exact) mass is 518 g/mol. The van der Waals surface area contributed by atoms with Crippen molar-refractivity contribution < 1.29 is 33.4 Å². The van der Waals surface area contributed by atoms with Crippen LogP contribution in [0.5, 0.6) is 11.5 Å². The Bertz CT molecular complexity index is 1120. The normalized spacial score (nSPS) is 11.3. The summed E-state index contributed by atoms with van der Waals surface area (Å²) in [6.07, 6.45) is 0.342. The molecule has 2 aromatic rings. The third-order valence-electron chi connectivity index (χ3n) is 5.31. The summed E-state index contributed by atoms with van der Waals surface area (Å²) in [6.45, 7) is 4.97. The van der Waals surface area contributed by atoms with E-state index in [1.807, 2.05) is 0 Å². The van der Waals surface area contributed by atoms with Crippen LogP contribution in [0.25, 0.3) is 0 Å². The number of hydrogen-bond donors (Lipinski definition) is 1. The van der Waals surface area contributed by atoms with Crippen molar-refractivity contribution in [2.24, 2.45) is 0 Å². The van der Waals surface area contributed by atoms with Gasteiger partial charge in [-0.25, -0.2) is 4.79 Å². The zero-order chi connectivity index (χ0) is 26.8. The molecule has 0 aromatic heterocycles. The molecule has 0 saturated heterocycles. The first kappa shape index (κ1) is 28.6. The van der Waals surface area contributed by atoms with Crippen LogP contribution in [0.15, 0.2) is 36.4 Å². The highest BCUT2D eigenvalue weighted by Gasteiger charge is 2.27. The van der Waals surface area contributed by atoms with Gasteiger partial charge in [0, 0.05) is 30.0 Å². The van der Waals surface area contributed by atoms with E-state index in [0.717, 1.165) is 0 Å². The SMILES string of the molecule is CCC(=O)Nc1cc(OC)c(OCC(C)N(C(=O)CC)C(=O)Cc2cccc(Cl)c2)cc1C(=O)OC. The molecule has 0 aliphatic rings. The van der Waals surface area contributed by atoms with Crippen molar-refractivity contribution >= 4 is 41.0 Å².